The van der Waals surface area contributed by atoms with Crippen molar-refractivity contribution in [2.45, 2.75) is 9.79 Å². The van der Waals surface area contributed by atoms with E-state index >= 15 is 0 Å². The first-order chi connectivity index (χ1) is 12.8. The molecule has 0 spiro atoms. The van der Waals surface area contributed by atoms with Crippen LogP contribution in [0.2, 0.25) is 0 Å². The summed E-state index contributed by atoms with van der Waals surface area (Å²) in [6, 6.07) is 22.5. The van der Waals surface area contributed by atoms with Crippen molar-refractivity contribution < 1.29 is 0 Å². The Morgan fingerprint density at radius 3 is 2.42 bits per heavy atom. The van der Waals surface area contributed by atoms with Crippen LogP contribution in [0.4, 0.5) is 11.4 Å². The van der Waals surface area contributed by atoms with Crippen LogP contribution >= 0.6 is 11.8 Å². The van der Waals surface area contributed by atoms with Gasteiger partial charge in [0.15, 0.2) is 0 Å². The van der Waals surface area contributed by atoms with Crippen LogP contribution in [-0.4, -0.2) is 9.97 Å². The molecule has 0 saturated carbocycles. The molecule has 0 aliphatic heterocycles. The molecule has 0 atom stereocenters. The molecule has 0 amide bonds. The van der Waals surface area contributed by atoms with Gasteiger partial charge in [-0.1, -0.05) is 30.0 Å². The fourth-order valence-corrected chi connectivity index (χ4v) is 3.48. The third kappa shape index (κ3) is 3.37. The lowest BCUT2D eigenvalue weighted by molar-refractivity contribution is 1.30. The van der Waals surface area contributed by atoms with E-state index in [1.807, 2.05) is 36.4 Å². The van der Waals surface area contributed by atoms with Crippen LogP contribution < -0.4 is 5.32 Å². The molecule has 4 nitrogen and oxygen atoms in total. The minimum Gasteiger partial charge on any atom is -0.354 e. The van der Waals surface area contributed by atoms with E-state index in [9.17, 15) is 5.26 Å². The summed E-state index contributed by atoms with van der Waals surface area (Å²) < 4.78 is 0. The van der Waals surface area contributed by atoms with Crippen LogP contribution in [0.5, 0.6) is 0 Å². The summed E-state index contributed by atoms with van der Waals surface area (Å²) in [6.07, 6.45) is 4.98. The monoisotopic (exact) mass is 354 g/mol. The van der Waals surface area contributed by atoms with Gasteiger partial charge in [0.1, 0.15) is 6.07 Å². The van der Waals surface area contributed by atoms with Crippen molar-refractivity contribution in [3.63, 3.8) is 0 Å². The zero-order valence-electron chi connectivity index (χ0n) is 13.8. The number of nitrogens with zero attached hydrogens (tertiary/aromatic N) is 3. The van der Waals surface area contributed by atoms with Gasteiger partial charge in [-0.3, -0.25) is 9.97 Å². The number of fused-ring (bicyclic) bond motifs is 1. The Kier molecular flexibility index (Phi) is 4.50. The quantitative estimate of drug-likeness (QED) is 0.532. The molecule has 4 aromatic rings. The molecular formula is C21H14N4S. The Hall–Kier alpha value is -3.36. The molecule has 2 aromatic carbocycles. The lowest BCUT2D eigenvalue weighted by Gasteiger charge is -2.11. The molecule has 4 rings (SSSR count). The molecule has 26 heavy (non-hydrogen) atoms. The zero-order chi connectivity index (χ0) is 17.8. The van der Waals surface area contributed by atoms with Crippen molar-refractivity contribution in [3.05, 3.63) is 84.8 Å². The lowest BCUT2D eigenvalue weighted by Crippen LogP contribution is -1.97. The van der Waals surface area contributed by atoms with Crippen molar-refractivity contribution >= 4 is 34.0 Å². The number of hydrogen-bond acceptors (Lipinski definition) is 5. The summed E-state index contributed by atoms with van der Waals surface area (Å²) in [5.74, 6) is 0. The van der Waals surface area contributed by atoms with E-state index < -0.39 is 0 Å². The van der Waals surface area contributed by atoms with Crippen LogP contribution in [0, 0.1) is 11.3 Å². The van der Waals surface area contributed by atoms with Crippen molar-refractivity contribution in [2.75, 3.05) is 5.32 Å². The molecule has 0 unspecified atom stereocenters. The molecule has 1 N–H and O–H groups in total. The third-order valence-corrected chi connectivity index (χ3v) is 4.91. The Morgan fingerprint density at radius 1 is 0.885 bits per heavy atom. The minimum absolute atomic E-state index is 0.506. The Morgan fingerprint density at radius 2 is 1.65 bits per heavy atom. The van der Waals surface area contributed by atoms with Crippen LogP contribution in [0.3, 0.4) is 0 Å². The van der Waals surface area contributed by atoms with Gasteiger partial charge in [0.05, 0.1) is 23.0 Å². The highest BCUT2D eigenvalue weighted by Crippen LogP contribution is 2.31. The van der Waals surface area contributed by atoms with E-state index in [0.29, 0.717) is 5.56 Å². The van der Waals surface area contributed by atoms with Gasteiger partial charge in [0, 0.05) is 33.3 Å². The first kappa shape index (κ1) is 16.1. The first-order valence-electron chi connectivity index (χ1n) is 8.06. The van der Waals surface area contributed by atoms with Gasteiger partial charge in [-0.25, -0.2) is 0 Å². The number of anilines is 2. The number of nitrogens with one attached hydrogen (secondary N) is 1. The fourth-order valence-electron chi connectivity index (χ4n) is 2.64. The molecule has 124 valence electrons. The zero-order valence-corrected chi connectivity index (χ0v) is 14.6. The van der Waals surface area contributed by atoms with E-state index in [1.165, 1.54) is 4.90 Å². The summed E-state index contributed by atoms with van der Waals surface area (Å²) in [4.78, 5) is 10.7. The second kappa shape index (κ2) is 7.26. The van der Waals surface area contributed by atoms with E-state index in [0.717, 1.165) is 27.2 Å². The standard InChI is InChI=1S/C21H14N4S/c22-12-15-13-24-20-14-23-11-10-19(20)21(15)25-16-6-8-18(9-7-16)26-17-4-2-1-3-5-17/h1-11,13-14H,(H,24,25). The van der Waals surface area contributed by atoms with Gasteiger partial charge < -0.3 is 5.32 Å². The number of rotatable bonds is 4. The third-order valence-electron chi connectivity index (χ3n) is 3.89. The Balaban J connectivity index is 1.62. The highest BCUT2D eigenvalue weighted by molar-refractivity contribution is 7.99. The van der Waals surface area contributed by atoms with Gasteiger partial charge in [-0.2, -0.15) is 5.26 Å². The van der Waals surface area contributed by atoms with Crippen molar-refractivity contribution in [1.29, 1.82) is 5.26 Å². The molecule has 5 heteroatoms. The van der Waals surface area contributed by atoms with Gasteiger partial charge in [-0.05, 0) is 42.5 Å². The van der Waals surface area contributed by atoms with Gasteiger partial charge in [-0.15, -0.1) is 0 Å². The fraction of sp³-hybridized carbons (Fsp3) is 0. The average molecular weight is 354 g/mol. The molecular weight excluding hydrogens is 340 g/mol. The smallest absolute Gasteiger partial charge is 0.103 e. The van der Waals surface area contributed by atoms with Crippen LogP contribution in [0.1, 0.15) is 5.56 Å². The van der Waals surface area contributed by atoms with Crippen LogP contribution in [-0.2, 0) is 0 Å². The number of benzene rings is 2. The van der Waals surface area contributed by atoms with Crippen molar-refractivity contribution in [3.8, 4) is 6.07 Å². The summed E-state index contributed by atoms with van der Waals surface area (Å²) >= 11 is 1.71. The maximum atomic E-state index is 9.42. The van der Waals surface area contributed by atoms with E-state index in [-0.39, 0.29) is 0 Å². The maximum Gasteiger partial charge on any atom is 0.103 e. The molecule has 0 saturated heterocycles. The Bertz CT molecular complexity index is 1090. The van der Waals surface area contributed by atoms with Gasteiger partial charge >= 0.3 is 0 Å². The van der Waals surface area contributed by atoms with Crippen LogP contribution in [0.25, 0.3) is 10.9 Å². The molecule has 2 heterocycles. The highest BCUT2D eigenvalue weighted by Gasteiger charge is 2.09. The van der Waals surface area contributed by atoms with Crippen molar-refractivity contribution in [1.82, 2.24) is 9.97 Å². The SMILES string of the molecule is N#Cc1cnc2cnccc2c1Nc1ccc(Sc2ccccc2)cc1. The molecule has 0 radical (unpaired) electrons. The highest BCUT2D eigenvalue weighted by atomic mass is 32.2. The molecule has 0 bridgehead atoms. The minimum atomic E-state index is 0.506. The molecule has 0 aliphatic carbocycles. The number of nitriles is 1. The van der Waals surface area contributed by atoms with E-state index in [4.69, 9.17) is 0 Å². The molecule has 2 aromatic heterocycles. The topological polar surface area (TPSA) is 61.6 Å². The molecule has 0 aliphatic rings. The summed E-state index contributed by atoms with van der Waals surface area (Å²) in [5.41, 5.74) is 2.93. The predicted molar refractivity (Wildman–Crippen MR) is 105 cm³/mol. The van der Waals surface area contributed by atoms with Crippen LogP contribution in [0.15, 0.2) is 89.0 Å². The summed E-state index contributed by atoms with van der Waals surface area (Å²) in [5, 5.41) is 13.6. The maximum absolute atomic E-state index is 9.42. The van der Waals surface area contributed by atoms with Crippen molar-refractivity contribution in [2.24, 2.45) is 0 Å². The first-order valence-corrected chi connectivity index (χ1v) is 8.88. The lowest BCUT2D eigenvalue weighted by atomic mass is 10.1. The van der Waals surface area contributed by atoms with Gasteiger partial charge in [0.2, 0.25) is 0 Å². The average Bonchev–Trinajstić information content (AvgIpc) is 2.70. The molecule has 0 fully saturated rings. The Labute approximate surface area is 155 Å². The predicted octanol–water partition coefficient (Wildman–Crippen LogP) is 5.40. The summed E-state index contributed by atoms with van der Waals surface area (Å²) in [6.45, 7) is 0. The number of pyridine rings is 2. The van der Waals surface area contributed by atoms with E-state index in [2.05, 4.69) is 45.6 Å². The largest absolute Gasteiger partial charge is 0.354 e. The van der Waals surface area contributed by atoms with E-state index in [1.54, 1.807) is 30.4 Å². The second-order valence-electron chi connectivity index (χ2n) is 5.62. The number of aromatic nitrogens is 2. The van der Waals surface area contributed by atoms with Gasteiger partial charge in [0.25, 0.3) is 0 Å². The second-order valence-corrected chi connectivity index (χ2v) is 6.76. The number of hydrogen-bond donors (Lipinski definition) is 1. The summed E-state index contributed by atoms with van der Waals surface area (Å²) in [7, 11) is 0. The normalized spacial score (nSPS) is 10.4.